The first-order valence-corrected chi connectivity index (χ1v) is 4.41. The Balaban J connectivity index is 2.27. The van der Waals surface area contributed by atoms with Crippen molar-refractivity contribution in [2.45, 2.75) is 12.3 Å². The fourth-order valence-corrected chi connectivity index (χ4v) is 1.64. The lowest BCUT2D eigenvalue weighted by molar-refractivity contribution is -0.118. The van der Waals surface area contributed by atoms with Gasteiger partial charge in [0.15, 0.2) is 0 Å². The number of halogens is 1. The topological polar surface area (TPSA) is 29.1 Å². The number of carbonyl (C=O) groups is 1. The maximum absolute atomic E-state index is 12.6. The molecule has 1 amide bonds. The van der Waals surface area contributed by atoms with Gasteiger partial charge in [0.2, 0.25) is 5.91 Å². The number of benzene rings is 1. The molecule has 0 radical (unpaired) electrons. The number of hydrogen-bond donors (Lipinski definition) is 1. The fraction of sp³-hybridized carbons (Fsp3) is 0.182. The van der Waals surface area contributed by atoms with Crippen LogP contribution in [0.4, 0.5) is 4.39 Å². The van der Waals surface area contributed by atoms with Gasteiger partial charge in [-0.15, -0.1) is 0 Å². The summed E-state index contributed by atoms with van der Waals surface area (Å²) >= 11 is 0. The molecule has 0 spiro atoms. The van der Waals surface area contributed by atoms with E-state index in [9.17, 15) is 9.18 Å². The number of nitrogens with one attached hydrogen (secondary N) is 1. The van der Waals surface area contributed by atoms with E-state index in [1.54, 1.807) is 12.1 Å². The first-order chi connectivity index (χ1) is 6.66. The average molecular weight is 191 g/mol. The van der Waals surface area contributed by atoms with Crippen LogP contribution in [0.1, 0.15) is 17.9 Å². The number of rotatable bonds is 1. The van der Waals surface area contributed by atoms with Crippen molar-refractivity contribution in [1.82, 2.24) is 5.32 Å². The quantitative estimate of drug-likeness (QED) is 0.722. The monoisotopic (exact) mass is 191 g/mol. The van der Waals surface area contributed by atoms with Crippen molar-refractivity contribution < 1.29 is 9.18 Å². The van der Waals surface area contributed by atoms with Crippen LogP contribution >= 0.6 is 0 Å². The van der Waals surface area contributed by atoms with Gasteiger partial charge in [0.25, 0.3) is 0 Å². The van der Waals surface area contributed by atoms with E-state index in [2.05, 4.69) is 11.9 Å². The maximum Gasteiger partial charge on any atom is 0.225 e. The van der Waals surface area contributed by atoms with Crippen LogP contribution in [-0.2, 0) is 4.79 Å². The van der Waals surface area contributed by atoms with Crippen molar-refractivity contribution in [3.8, 4) is 0 Å². The highest BCUT2D eigenvalue weighted by Gasteiger charge is 2.26. The Morgan fingerprint density at radius 2 is 2.00 bits per heavy atom. The Kier molecular flexibility index (Phi) is 2.08. The van der Waals surface area contributed by atoms with Crippen LogP contribution in [0, 0.1) is 5.82 Å². The van der Waals surface area contributed by atoms with E-state index in [1.807, 2.05) is 0 Å². The van der Waals surface area contributed by atoms with Gasteiger partial charge in [0, 0.05) is 18.0 Å². The molecule has 1 aromatic rings. The van der Waals surface area contributed by atoms with Gasteiger partial charge in [-0.05, 0) is 17.7 Å². The highest BCUT2D eigenvalue weighted by atomic mass is 19.1. The molecule has 1 atom stereocenters. The molecular formula is C11H10FNO. The molecule has 1 heterocycles. The third-order valence-electron chi connectivity index (χ3n) is 2.38. The molecule has 2 nitrogen and oxygen atoms in total. The van der Waals surface area contributed by atoms with Gasteiger partial charge >= 0.3 is 0 Å². The van der Waals surface area contributed by atoms with E-state index in [4.69, 9.17) is 0 Å². The summed E-state index contributed by atoms with van der Waals surface area (Å²) in [5, 5.41) is 2.65. The summed E-state index contributed by atoms with van der Waals surface area (Å²) in [4.78, 5) is 11.1. The molecule has 72 valence electrons. The number of hydrogen-bond acceptors (Lipinski definition) is 1. The van der Waals surface area contributed by atoms with E-state index in [1.165, 1.54) is 12.1 Å². The predicted molar refractivity (Wildman–Crippen MR) is 51.0 cm³/mol. The minimum atomic E-state index is -0.267. The number of carbonyl (C=O) groups excluding carboxylic acids is 1. The van der Waals surface area contributed by atoms with Crippen LogP contribution < -0.4 is 5.32 Å². The van der Waals surface area contributed by atoms with Crippen molar-refractivity contribution in [2.75, 3.05) is 0 Å². The van der Waals surface area contributed by atoms with Crippen LogP contribution in [0.2, 0.25) is 0 Å². The third kappa shape index (κ3) is 1.53. The van der Waals surface area contributed by atoms with Crippen molar-refractivity contribution in [3.05, 3.63) is 47.9 Å². The minimum absolute atomic E-state index is 0.0110. The molecule has 2 rings (SSSR count). The molecule has 1 fully saturated rings. The lowest BCUT2D eigenvalue weighted by Gasteiger charge is -2.08. The first-order valence-electron chi connectivity index (χ1n) is 4.41. The molecule has 1 aliphatic rings. The Hall–Kier alpha value is -1.64. The maximum atomic E-state index is 12.6. The molecule has 0 aliphatic carbocycles. The summed E-state index contributed by atoms with van der Waals surface area (Å²) in [5.74, 6) is -0.302. The Labute approximate surface area is 81.4 Å². The van der Waals surface area contributed by atoms with E-state index < -0.39 is 0 Å². The van der Waals surface area contributed by atoms with Gasteiger partial charge in [0.05, 0.1) is 0 Å². The highest BCUT2D eigenvalue weighted by molar-refractivity contribution is 5.83. The lowest BCUT2D eigenvalue weighted by atomic mass is 9.96. The summed E-state index contributed by atoms with van der Waals surface area (Å²) in [6.07, 6.45) is 0.407. The van der Waals surface area contributed by atoms with Crippen LogP contribution in [0.15, 0.2) is 36.5 Å². The normalized spacial score (nSPS) is 21.1. The van der Waals surface area contributed by atoms with Crippen molar-refractivity contribution in [1.29, 1.82) is 0 Å². The van der Waals surface area contributed by atoms with Crippen molar-refractivity contribution in [3.63, 3.8) is 0 Å². The minimum Gasteiger partial charge on any atom is -0.330 e. The van der Waals surface area contributed by atoms with Crippen molar-refractivity contribution in [2.24, 2.45) is 0 Å². The third-order valence-corrected chi connectivity index (χ3v) is 2.38. The van der Waals surface area contributed by atoms with Crippen LogP contribution in [-0.4, -0.2) is 5.91 Å². The summed E-state index contributed by atoms with van der Waals surface area (Å²) < 4.78 is 12.6. The molecule has 1 saturated heterocycles. The van der Waals surface area contributed by atoms with Gasteiger partial charge in [-0.2, -0.15) is 0 Å². The Bertz CT molecular complexity index is 383. The average Bonchev–Trinajstić information content (AvgIpc) is 2.47. The SMILES string of the molecule is C=C1NC(=O)CC1c1ccc(F)cc1. The zero-order chi connectivity index (χ0) is 10.1. The second-order valence-corrected chi connectivity index (χ2v) is 3.38. The van der Waals surface area contributed by atoms with Crippen LogP contribution in [0.3, 0.4) is 0 Å². The van der Waals surface area contributed by atoms with Gasteiger partial charge in [-0.25, -0.2) is 4.39 Å². The summed E-state index contributed by atoms with van der Waals surface area (Å²) in [6, 6.07) is 6.16. The molecule has 0 aromatic heterocycles. The van der Waals surface area contributed by atoms with Crippen LogP contribution in [0.5, 0.6) is 0 Å². The standard InChI is InChI=1S/C11H10FNO/c1-7-10(6-11(14)13-7)8-2-4-9(12)5-3-8/h2-5,10H,1,6H2,(H,13,14). The first kappa shape index (κ1) is 8.94. The van der Waals surface area contributed by atoms with E-state index in [-0.39, 0.29) is 17.6 Å². The smallest absolute Gasteiger partial charge is 0.225 e. The second-order valence-electron chi connectivity index (χ2n) is 3.38. The summed E-state index contributed by atoms with van der Waals surface area (Å²) in [7, 11) is 0. The van der Waals surface area contributed by atoms with Gasteiger partial charge in [0.1, 0.15) is 5.82 Å². The van der Waals surface area contributed by atoms with Gasteiger partial charge in [-0.1, -0.05) is 18.7 Å². The second kappa shape index (κ2) is 3.25. The molecule has 3 heteroatoms. The largest absolute Gasteiger partial charge is 0.330 e. The van der Waals surface area contributed by atoms with E-state index in [0.29, 0.717) is 12.1 Å². The lowest BCUT2D eigenvalue weighted by Crippen LogP contribution is -2.11. The Morgan fingerprint density at radius 3 is 2.50 bits per heavy atom. The molecule has 0 bridgehead atoms. The molecule has 1 aliphatic heterocycles. The number of amides is 1. The summed E-state index contributed by atoms with van der Waals surface area (Å²) in [6.45, 7) is 3.76. The molecule has 1 N–H and O–H groups in total. The highest BCUT2D eigenvalue weighted by Crippen LogP contribution is 2.29. The van der Waals surface area contributed by atoms with Gasteiger partial charge < -0.3 is 5.32 Å². The molecule has 1 unspecified atom stereocenters. The Morgan fingerprint density at radius 1 is 1.36 bits per heavy atom. The van der Waals surface area contributed by atoms with E-state index >= 15 is 0 Å². The van der Waals surface area contributed by atoms with E-state index in [0.717, 1.165) is 5.56 Å². The summed E-state index contributed by atoms with van der Waals surface area (Å²) in [5.41, 5.74) is 1.62. The van der Waals surface area contributed by atoms with Gasteiger partial charge in [-0.3, -0.25) is 4.79 Å². The molecule has 14 heavy (non-hydrogen) atoms. The van der Waals surface area contributed by atoms with Crippen LogP contribution in [0.25, 0.3) is 0 Å². The molecular weight excluding hydrogens is 181 g/mol. The molecule has 0 saturated carbocycles. The molecule has 1 aromatic carbocycles. The predicted octanol–water partition coefficient (Wildman–Crippen LogP) is 1.94. The number of allylic oxidation sites excluding steroid dienone is 1. The van der Waals surface area contributed by atoms with Crippen molar-refractivity contribution >= 4 is 5.91 Å². The zero-order valence-electron chi connectivity index (χ0n) is 7.59. The fourth-order valence-electron chi connectivity index (χ4n) is 1.64. The zero-order valence-corrected chi connectivity index (χ0v) is 7.59.